The molecule has 8 nitrogen and oxygen atoms in total. The Hall–Kier alpha value is -3.16. The molecule has 0 saturated heterocycles. The van der Waals surface area contributed by atoms with Gasteiger partial charge in [0.25, 0.3) is 0 Å². The second-order valence-corrected chi connectivity index (χ2v) is 6.05. The average Bonchev–Trinajstić information content (AvgIpc) is 3.04. The zero-order chi connectivity index (χ0) is 17.4. The van der Waals surface area contributed by atoms with Crippen LogP contribution in [0.25, 0.3) is 11.2 Å². The minimum absolute atomic E-state index is 0.0358. The molecule has 2 aromatic heterocycles. The summed E-state index contributed by atoms with van der Waals surface area (Å²) in [5.74, 6) is 0.440. The van der Waals surface area contributed by atoms with Crippen molar-refractivity contribution in [2.24, 2.45) is 0 Å². The Kier molecular flexibility index (Phi) is 3.72. The molecule has 0 fully saturated rings. The fraction of sp³-hybridized carbons (Fsp3) is 0.294. The van der Waals surface area contributed by atoms with E-state index in [1.54, 1.807) is 21.9 Å². The van der Waals surface area contributed by atoms with E-state index in [-0.39, 0.29) is 18.1 Å². The number of benzene rings is 1. The maximum atomic E-state index is 12.7. The second kappa shape index (κ2) is 6.04. The van der Waals surface area contributed by atoms with Crippen LogP contribution in [0.15, 0.2) is 30.9 Å². The van der Waals surface area contributed by atoms with E-state index < -0.39 is 0 Å². The largest absolute Gasteiger partial charge is 0.506 e. The number of nitrogens with two attached hydrogens (primary N) is 1. The van der Waals surface area contributed by atoms with Crippen molar-refractivity contribution in [1.29, 1.82) is 0 Å². The molecule has 0 atom stereocenters. The Labute approximate surface area is 143 Å². The van der Waals surface area contributed by atoms with Gasteiger partial charge in [0.1, 0.15) is 17.6 Å². The molecule has 1 amide bonds. The van der Waals surface area contributed by atoms with Crippen LogP contribution in [-0.4, -0.2) is 37.1 Å². The van der Waals surface area contributed by atoms with Crippen LogP contribution in [0.1, 0.15) is 18.4 Å². The number of carbonyl (C=O) groups excluding carboxylic acids is 1. The molecular formula is C17H18N6O2. The first-order valence-corrected chi connectivity index (χ1v) is 8.17. The smallest absolute Gasteiger partial charge is 0.228 e. The topological polar surface area (TPSA) is 110 Å². The van der Waals surface area contributed by atoms with Crippen LogP contribution in [0.2, 0.25) is 0 Å². The molecule has 3 N–H and O–H groups in total. The van der Waals surface area contributed by atoms with Crippen LogP contribution in [0.4, 0.5) is 11.5 Å². The maximum Gasteiger partial charge on any atom is 0.228 e. The summed E-state index contributed by atoms with van der Waals surface area (Å²) >= 11 is 0. The summed E-state index contributed by atoms with van der Waals surface area (Å²) in [4.78, 5) is 26.7. The highest BCUT2D eigenvalue weighted by molar-refractivity contribution is 5.96. The molecule has 3 aromatic rings. The summed E-state index contributed by atoms with van der Waals surface area (Å²) in [6.45, 7) is 1.05. The standard InChI is InChI=1S/C17H18N6O2/c18-16-14-17(20-9-19-16)22(10-21-14)8-6-13(25)23-7-2-4-11-3-1-5-12(24)15(11)23/h1,3,5,9-10,24H,2,4,6-8H2,(H2,18,19,20). The van der Waals surface area contributed by atoms with Gasteiger partial charge >= 0.3 is 0 Å². The third-order valence-electron chi connectivity index (χ3n) is 4.49. The zero-order valence-electron chi connectivity index (χ0n) is 13.6. The number of fused-ring (bicyclic) bond motifs is 2. The maximum absolute atomic E-state index is 12.7. The van der Waals surface area contributed by atoms with Gasteiger partial charge in [-0.2, -0.15) is 0 Å². The molecule has 8 heteroatoms. The fourth-order valence-corrected chi connectivity index (χ4v) is 3.29. The van der Waals surface area contributed by atoms with Gasteiger partial charge in [0.15, 0.2) is 11.5 Å². The quantitative estimate of drug-likeness (QED) is 0.748. The number of carbonyl (C=O) groups is 1. The van der Waals surface area contributed by atoms with E-state index in [0.29, 0.717) is 35.8 Å². The van der Waals surface area contributed by atoms with E-state index in [1.807, 2.05) is 12.1 Å². The lowest BCUT2D eigenvalue weighted by atomic mass is 10.0. The number of phenolic OH excluding ortho intramolecular Hbond substituents is 1. The van der Waals surface area contributed by atoms with Crippen molar-refractivity contribution in [1.82, 2.24) is 19.5 Å². The van der Waals surface area contributed by atoms with Crippen molar-refractivity contribution in [2.75, 3.05) is 17.2 Å². The van der Waals surface area contributed by atoms with Gasteiger partial charge in [-0.25, -0.2) is 15.0 Å². The molecule has 25 heavy (non-hydrogen) atoms. The van der Waals surface area contributed by atoms with Gasteiger partial charge in [-0.05, 0) is 24.5 Å². The summed E-state index contributed by atoms with van der Waals surface area (Å²) < 4.78 is 1.79. The van der Waals surface area contributed by atoms with Gasteiger partial charge in [-0.1, -0.05) is 12.1 Å². The number of aromatic nitrogens is 4. The number of para-hydroxylation sites is 1. The second-order valence-electron chi connectivity index (χ2n) is 6.05. The van der Waals surface area contributed by atoms with Crippen molar-refractivity contribution >= 4 is 28.6 Å². The third kappa shape index (κ3) is 2.65. The molecule has 128 valence electrons. The molecule has 0 aliphatic carbocycles. The summed E-state index contributed by atoms with van der Waals surface area (Å²) in [6, 6.07) is 5.38. The van der Waals surface area contributed by atoms with Crippen LogP contribution in [0.3, 0.4) is 0 Å². The Balaban J connectivity index is 1.55. The molecule has 0 bridgehead atoms. The Morgan fingerprint density at radius 2 is 2.16 bits per heavy atom. The van der Waals surface area contributed by atoms with Crippen molar-refractivity contribution in [3.63, 3.8) is 0 Å². The van der Waals surface area contributed by atoms with Crippen molar-refractivity contribution in [3.05, 3.63) is 36.4 Å². The zero-order valence-corrected chi connectivity index (χ0v) is 13.6. The highest BCUT2D eigenvalue weighted by Crippen LogP contribution is 2.35. The fourth-order valence-electron chi connectivity index (χ4n) is 3.29. The van der Waals surface area contributed by atoms with Crippen LogP contribution in [0, 0.1) is 0 Å². The number of anilines is 2. The van der Waals surface area contributed by atoms with Gasteiger partial charge in [0.2, 0.25) is 5.91 Å². The number of phenols is 1. The number of hydrogen-bond acceptors (Lipinski definition) is 6. The number of nitrogen functional groups attached to an aromatic ring is 1. The number of aromatic hydroxyl groups is 1. The van der Waals surface area contributed by atoms with E-state index in [4.69, 9.17) is 5.73 Å². The monoisotopic (exact) mass is 338 g/mol. The van der Waals surface area contributed by atoms with Gasteiger partial charge in [-0.3, -0.25) is 4.79 Å². The predicted molar refractivity (Wildman–Crippen MR) is 93.1 cm³/mol. The third-order valence-corrected chi connectivity index (χ3v) is 4.49. The highest BCUT2D eigenvalue weighted by Gasteiger charge is 2.25. The van der Waals surface area contributed by atoms with E-state index in [0.717, 1.165) is 18.4 Å². The minimum Gasteiger partial charge on any atom is -0.506 e. The van der Waals surface area contributed by atoms with Gasteiger partial charge < -0.3 is 20.3 Å². The highest BCUT2D eigenvalue weighted by atomic mass is 16.3. The van der Waals surface area contributed by atoms with E-state index in [9.17, 15) is 9.90 Å². The van der Waals surface area contributed by atoms with E-state index in [2.05, 4.69) is 15.0 Å². The Morgan fingerprint density at radius 1 is 1.28 bits per heavy atom. The lowest BCUT2D eigenvalue weighted by Gasteiger charge is -2.30. The van der Waals surface area contributed by atoms with Gasteiger partial charge in [0.05, 0.1) is 12.0 Å². The normalized spacial score (nSPS) is 13.8. The molecule has 1 aliphatic rings. The molecule has 3 heterocycles. The summed E-state index contributed by atoms with van der Waals surface area (Å²) in [7, 11) is 0. The number of amides is 1. The SMILES string of the molecule is Nc1ncnc2c1ncn2CCC(=O)N1CCCc2cccc(O)c21. The average molecular weight is 338 g/mol. The van der Waals surface area contributed by atoms with Crippen LogP contribution in [-0.2, 0) is 17.8 Å². The van der Waals surface area contributed by atoms with Crippen molar-refractivity contribution in [3.8, 4) is 5.75 Å². The first kappa shape index (κ1) is 15.4. The van der Waals surface area contributed by atoms with Crippen LogP contribution in [0.5, 0.6) is 5.75 Å². The number of aryl methyl sites for hydroxylation is 2. The Morgan fingerprint density at radius 3 is 3.04 bits per heavy atom. The summed E-state index contributed by atoms with van der Waals surface area (Å²) in [5, 5.41) is 10.2. The number of imidazole rings is 1. The van der Waals surface area contributed by atoms with Crippen LogP contribution >= 0.6 is 0 Å². The van der Waals surface area contributed by atoms with E-state index in [1.165, 1.54) is 6.33 Å². The Bertz CT molecular complexity index is 951. The lowest BCUT2D eigenvalue weighted by Crippen LogP contribution is -2.36. The van der Waals surface area contributed by atoms with Gasteiger partial charge in [0, 0.05) is 19.5 Å². The van der Waals surface area contributed by atoms with Crippen LogP contribution < -0.4 is 10.6 Å². The summed E-state index contributed by atoms with van der Waals surface area (Å²) in [6.07, 6.45) is 5.04. The van der Waals surface area contributed by atoms with E-state index >= 15 is 0 Å². The van der Waals surface area contributed by atoms with Crippen molar-refractivity contribution in [2.45, 2.75) is 25.8 Å². The lowest BCUT2D eigenvalue weighted by molar-refractivity contribution is -0.118. The van der Waals surface area contributed by atoms with Gasteiger partial charge in [-0.15, -0.1) is 0 Å². The molecule has 0 radical (unpaired) electrons. The molecule has 0 unspecified atom stereocenters. The van der Waals surface area contributed by atoms with Crippen molar-refractivity contribution < 1.29 is 9.90 Å². The molecule has 1 aliphatic heterocycles. The number of nitrogens with zero attached hydrogens (tertiary/aromatic N) is 5. The number of hydrogen-bond donors (Lipinski definition) is 2. The minimum atomic E-state index is -0.0358. The molecular weight excluding hydrogens is 320 g/mol. The molecule has 1 aromatic carbocycles. The summed E-state index contributed by atoms with van der Waals surface area (Å²) in [5.41, 5.74) is 8.58. The first-order chi connectivity index (χ1) is 12.1. The molecule has 4 rings (SSSR count). The molecule has 0 saturated carbocycles. The number of rotatable bonds is 3. The first-order valence-electron chi connectivity index (χ1n) is 8.17. The molecule has 0 spiro atoms. The predicted octanol–water partition coefficient (Wildman–Crippen LogP) is 1.48.